The van der Waals surface area contributed by atoms with E-state index in [9.17, 15) is 19.2 Å². The molecule has 4 fully saturated rings. The van der Waals surface area contributed by atoms with Gasteiger partial charge in [0.2, 0.25) is 17.7 Å². The van der Waals surface area contributed by atoms with Gasteiger partial charge in [-0.05, 0) is 62.2 Å². The molecule has 0 aromatic heterocycles. The third-order valence-electron chi connectivity index (χ3n) is 9.68. The van der Waals surface area contributed by atoms with E-state index < -0.39 is 43.3 Å². The average Bonchev–Trinajstić information content (AvgIpc) is 3.25. The number of hydrogen-bond donors (Lipinski definition) is 4. The summed E-state index contributed by atoms with van der Waals surface area (Å²) < 4.78 is 18.4. The summed E-state index contributed by atoms with van der Waals surface area (Å²) in [4.78, 5) is 52.8. The topological polar surface area (TPSA) is 161 Å². The van der Waals surface area contributed by atoms with Crippen LogP contribution in [-0.4, -0.2) is 91.8 Å². The maximum atomic E-state index is 13.2. The molecule has 0 aromatic carbocycles. The van der Waals surface area contributed by atoms with Gasteiger partial charge in [0, 0.05) is 20.6 Å². The maximum absolute atomic E-state index is 13.2. The number of nitrogens with two attached hydrogens (primary N) is 1. The first kappa shape index (κ1) is 35.3. The van der Waals surface area contributed by atoms with Crippen LogP contribution in [0.25, 0.3) is 0 Å². The molecule has 1 aliphatic heterocycles. The number of rotatable bonds is 14. The van der Waals surface area contributed by atoms with Crippen LogP contribution in [0.2, 0.25) is 0 Å². The molecule has 2 bridgehead atoms. The number of amides is 4. The third-order valence-corrected chi connectivity index (χ3v) is 9.68. The van der Waals surface area contributed by atoms with Gasteiger partial charge in [-0.1, -0.05) is 41.5 Å². The molecule has 3 aliphatic carbocycles. The van der Waals surface area contributed by atoms with Crippen molar-refractivity contribution in [2.75, 3.05) is 20.1 Å². The molecule has 4 rings (SSSR count). The van der Waals surface area contributed by atoms with E-state index in [1.807, 2.05) is 27.7 Å². The van der Waals surface area contributed by atoms with Crippen LogP contribution in [0, 0.1) is 29.1 Å². The highest BCUT2D eigenvalue weighted by Crippen LogP contribution is 2.65. The average molecular weight is 608 g/mol. The normalized spacial score (nSPS) is 28.3. The number of ether oxygens (including phenoxy) is 1. The lowest BCUT2D eigenvalue weighted by molar-refractivity contribution is -0.199. The Bertz CT molecular complexity index is 1040. The molecule has 5 N–H and O–H groups in total. The molecular weight excluding hydrogens is 553 g/mol. The summed E-state index contributed by atoms with van der Waals surface area (Å²) in [5.41, 5.74) is 5.91. The second-order valence-corrected chi connectivity index (χ2v) is 14.3. The summed E-state index contributed by atoms with van der Waals surface area (Å²) in [5.74, 6) is -0.730. The summed E-state index contributed by atoms with van der Waals surface area (Å²) in [6, 6.07) is -1.89. The van der Waals surface area contributed by atoms with Gasteiger partial charge in [-0.2, -0.15) is 0 Å². The Kier molecular flexibility index (Phi) is 11.3. The molecule has 0 radical (unpaired) electrons. The van der Waals surface area contributed by atoms with E-state index in [2.05, 4.69) is 36.7 Å². The largest absolute Gasteiger partial charge is 0.478 e. The van der Waals surface area contributed by atoms with Gasteiger partial charge >= 0.3 is 7.12 Å². The fraction of sp³-hybridized carbons (Fsp3) is 0.867. The van der Waals surface area contributed by atoms with Gasteiger partial charge in [-0.25, -0.2) is 0 Å². The number of carbonyl (C=O) groups is 4. The number of likely N-dealkylation sites (N-methyl/N-ethyl adjacent to an activating group) is 1. The van der Waals surface area contributed by atoms with Crippen molar-refractivity contribution in [3.63, 3.8) is 0 Å². The van der Waals surface area contributed by atoms with E-state index in [1.165, 1.54) is 18.9 Å². The lowest BCUT2D eigenvalue weighted by atomic mass is 9.43. The number of nitrogens with one attached hydrogen (secondary N) is 3. The monoisotopic (exact) mass is 607 g/mol. The Balaban J connectivity index is 1.58. The van der Waals surface area contributed by atoms with E-state index in [0.29, 0.717) is 24.9 Å². The quantitative estimate of drug-likeness (QED) is 0.169. The number of hydrogen-bond acceptors (Lipinski definition) is 8. The third kappa shape index (κ3) is 7.90. The van der Waals surface area contributed by atoms with Crippen LogP contribution in [0.15, 0.2) is 0 Å². The number of nitrogens with zero attached hydrogens (tertiary/aromatic N) is 1. The van der Waals surface area contributed by atoms with Crippen molar-refractivity contribution < 1.29 is 33.2 Å². The number of carbonyl (C=O) groups excluding carboxylic acids is 4. The maximum Gasteiger partial charge on any atom is 0.478 e. The van der Waals surface area contributed by atoms with E-state index in [4.69, 9.17) is 19.8 Å². The Labute approximate surface area is 257 Å². The minimum Gasteiger partial charge on any atom is -0.404 e. The van der Waals surface area contributed by atoms with Crippen molar-refractivity contribution >= 4 is 30.7 Å². The van der Waals surface area contributed by atoms with Crippen molar-refractivity contribution in [3.05, 3.63) is 0 Å². The predicted octanol–water partition coefficient (Wildman–Crippen LogP) is 1.21. The molecule has 0 aromatic rings. The standard InChI is InChI=1S/C30H54BN5O7/c1-16(2)11-21(26(38)33-15-31-42-23-13-20-12-22(29(20,7)8)30(23,9)43-31)34-28(40)25(32)35-27(39)24(36(10)19(6)37)18(5)41-14-17(3)4/h16-18,20-25H,11-15,32H2,1-10H3,(H,33,38)(H,34,40)(H,35,39). The summed E-state index contributed by atoms with van der Waals surface area (Å²) in [7, 11) is 0.925. The highest BCUT2D eigenvalue weighted by Gasteiger charge is 2.67. The Morgan fingerprint density at radius 3 is 2.21 bits per heavy atom. The smallest absolute Gasteiger partial charge is 0.404 e. The molecule has 0 spiro atoms. The van der Waals surface area contributed by atoms with E-state index in [-0.39, 0.29) is 47.2 Å². The molecule has 12 nitrogen and oxygen atoms in total. The molecule has 43 heavy (non-hydrogen) atoms. The van der Waals surface area contributed by atoms with Gasteiger partial charge in [0.15, 0.2) is 6.17 Å². The van der Waals surface area contributed by atoms with Crippen LogP contribution in [0.1, 0.15) is 81.6 Å². The molecule has 244 valence electrons. The van der Waals surface area contributed by atoms with E-state index in [0.717, 1.165) is 12.8 Å². The van der Waals surface area contributed by atoms with Crippen LogP contribution in [0.3, 0.4) is 0 Å². The second-order valence-electron chi connectivity index (χ2n) is 14.3. The Hall–Kier alpha value is -2.22. The highest BCUT2D eigenvalue weighted by molar-refractivity contribution is 6.46. The van der Waals surface area contributed by atoms with E-state index in [1.54, 1.807) is 6.92 Å². The van der Waals surface area contributed by atoms with Crippen molar-refractivity contribution in [1.29, 1.82) is 0 Å². The molecular formula is C30H54BN5O7. The van der Waals surface area contributed by atoms with Crippen LogP contribution >= 0.6 is 0 Å². The molecule has 3 saturated carbocycles. The molecule has 13 heteroatoms. The minimum atomic E-state index is -1.45. The zero-order valence-electron chi connectivity index (χ0n) is 27.7. The molecule has 1 saturated heterocycles. The summed E-state index contributed by atoms with van der Waals surface area (Å²) in [5, 5.41) is 8.06. The minimum absolute atomic E-state index is 0.00307. The fourth-order valence-electron chi connectivity index (χ4n) is 6.95. The first-order valence-electron chi connectivity index (χ1n) is 15.7. The van der Waals surface area contributed by atoms with E-state index >= 15 is 0 Å². The second kappa shape index (κ2) is 13.8. The van der Waals surface area contributed by atoms with Crippen molar-refractivity contribution in [2.24, 2.45) is 34.8 Å². The first-order chi connectivity index (χ1) is 19.9. The summed E-state index contributed by atoms with van der Waals surface area (Å²) in [6.07, 6.45) is 0.511. The summed E-state index contributed by atoms with van der Waals surface area (Å²) >= 11 is 0. The van der Waals surface area contributed by atoms with Gasteiger partial charge in [0.05, 0.1) is 24.3 Å². The lowest BCUT2D eigenvalue weighted by Crippen LogP contribution is -2.65. The molecule has 8 unspecified atom stereocenters. The summed E-state index contributed by atoms with van der Waals surface area (Å²) in [6.45, 7) is 18.0. The van der Waals surface area contributed by atoms with Crippen molar-refractivity contribution in [3.8, 4) is 0 Å². The Morgan fingerprint density at radius 2 is 1.65 bits per heavy atom. The van der Waals surface area contributed by atoms with Gasteiger partial charge in [0.25, 0.3) is 5.91 Å². The highest BCUT2D eigenvalue weighted by atomic mass is 16.7. The molecule has 4 aliphatic rings. The zero-order valence-corrected chi connectivity index (χ0v) is 27.7. The predicted molar refractivity (Wildman–Crippen MR) is 163 cm³/mol. The van der Waals surface area contributed by atoms with Crippen LogP contribution in [0.4, 0.5) is 0 Å². The van der Waals surface area contributed by atoms with Gasteiger partial charge < -0.3 is 40.6 Å². The van der Waals surface area contributed by atoms with Crippen LogP contribution in [0.5, 0.6) is 0 Å². The van der Waals surface area contributed by atoms with Gasteiger partial charge in [-0.3, -0.25) is 19.2 Å². The Morgan fingerprint density at radius 1 is 1.00 bits per heavy atom. The molecule has 4 amide bonds. The first-order valence-corrected chi connectivity index (χ1v) is 15.7. The van der Waals surface area contributed by atoms with Crippen LogP contribution in [-0.2, 0) is 33.2 Å². The van der Waals surface area contributed by atoms with Crippen LogP contribution < -0.4 is 21.7 Å². The molecule has 8 atom stereocenters. The van der Waals surface area contributed by atoms with Gasteiger partial charge in [-0.15, -0.1) is 0 Å². The SMILES string of the molecule is CC(=O)N(C)C(C(=O)NC(N)C(=O)NC(CC(C)C)C(=O)NCB1OC2CC3CC(C3(C)C)C2(C)O1)C(C)OCC(C)C. The van der Waals surface area contributed by atoms with Gasteiger partial charge in [0.1, 0.15) is 12.1 Å². The van der Waals surface area contributed by atoms with Crippen molar-refractivity contribution in [2.45, 2.75) is 118 Å². The van der Waals surface area contributed by atoms with Crippen molar-refractivity contribution in [1.82, 2.24) is 20.9 Å². The fourth-order valence-corrected chi connectivity index (χ4v) is 6.95. The zero-order chi connectivity index (χ0) is 32.4. The molecule has 1 heterocycles. The lowest BCUT2D eigenvalue weighted by Gasteiger charge is -2.64.